The Morgan fingerprint density at radius 3 is 1.58 bits per heavy atom. The molecule has 6 N–H and O–H groups in total. The zero-order chi connectivity index (χ0) is 19.9. The number of carboxylic acids is 2. The van der Waals surface area contributed by atoms with Gasteiger partial charge in [0.05, 0.1) is 12.1 Å². The molecule has 2 aliphatic rings. The maximum Gasteiger partial charge on any atom is 0.328 e. The molecule has 0 saturated heterocycles. The van der Waals surface area contributed by atoms with Crippen molar-refractivity contribution >= 4 is 45.8 Å². The summed E-state index contributed by atoms with van der Waals surface area (Å²) in [4.78, 5) is 27.6. The Hall–Kier alpha value is -1.68. The van der Waals surface area contributed by atoms with Gasteiger partial charge < -0.3 is 21.7 Å². The van der Waals surface area contributed by atoms with E-state index in [9.17, 15) is 9.59 Å². The molecule has 0 aromatic heterocycles. The van der Waals surface area contributed by atoms with E-state index in [4.69, 9.17) is 21.7 Å². The van der Waals surface area contributed by atoms with Gasteiger partial charge in [-0.3, -0.25) is 9.98 Å². The summed E-state index contributed by atoms with van der Waals surface area (Å²) in [6, 6.07) is 0.889. The molecule has 0 amide bonds. The molecule has 2 unspecified atom stereocenters. The predicted octanol–water partition coefficient (Wildman–Crippen LogP) is 2.15. The van der Waals surface area contributed by atoms with Gasteiger partial charge in [0.1, 0.15) is 0 Å². The Kier molecular flexibility index (Phi) is 13.5. The van der Waals surface area contributed by atoms with Crippen molar-refractivity contribution in [3.63, 3.8) is 0 Å². The number of aliphatic imine (C=N–C) groups is 2. The number of rotatable bonds is 2. The van der Waals surface area contributed by atoms with Crippen molar-refractivity contribution in [1.82, 2.24) is 0 Å². The summed E-state index contributed by atoms with van der Waals surface area (Å²) in [5.41, 5.74) is 11.1. The third kappa shape index (κ3) is 15.8. The van der Waals surface area contributed by atoms with Crippen molar-refractivity contribution in [3.8, 4) is 0 Å². The molecule has 2 heterocycles. The summed E-state index contributed by atoms with van der Waals surface area (Å²) in [5.74, 6) is -0.237. The van der Waals surface area contributed by atoms with Crippen molar-refractivity contribution in [2.75, 3.05) is 11.5 Å². The van der Waals surface area contributed by atoms with E-state index >= 15 is 0 Å². The lowest BCUT2D eigenvalue weighted by Gasteiger charge is -1.98. The number of hydrogen-bond donors (Lipinski definition) is 4. The van der Waals surface area contributed by atoms with Gasteiger partial charge in [-0.2, -0.15) is 0 Å². The molecule has 0 fully saturated rings. The fourth-order valence-electron chi connectivity index (χ4n) is 1.89. The highest BCUT2D eigenvalue weighted by atomic mass is 32.2. The maximum absolute atomic E-state index is 9.55. The summed E-state index contributed by atoms with van der Waals surface area (Å²) in [6.45, 7) is 4.22. The molecule has 0 saturated carbocycles. The molecule has 0 spiro atoms. The van der Waals surface area contributed by atoms with Crippen LogP contribution in [0.25, 0.3) is 0 Å². The van der Waals surface area contributed by atoms with Crippen molar-refractivity contribution < 1.29 is 19.8 Å². The molecular weight excluding hydrogens is 376 g/mol. The van der Waals surface area contributed by atoms with Crippen LogP contribution in [0.5, 0.6) is 0 Å². The van der Waals surface area contributed by atoms with Gasteiger partial charge in [0, 0.05) is 23.7 Å². The zero-order valence-electron chi connectivity index (χ0n) is 15.1. The van der Waals surface area contributed by atoms with Crippen molar-refractivity contribution in [2.45, 2.75) is 51.6 Å². The Bertz CT molecular complexity index is 492. The van der Waals surface area contributed by atoms with Crippen molar-refractivity contribution in [1.29, 1.82) is 0 Å². The second-order valence-electron chi connectivity index (χ2n) is 5.62. The van der Waals surface area contributed by atoms with Crippen LogP contribution in [0.4, 0.5) is 0 Å². The lowest BCUT2D eigenvalue weighted by Crippen LogP contribution is -2.08. The minimum absolute atomic E-state index is 0.444. The molecular formula is C16H28N4O4S2. The van der Waals surface area contributed by atoms with E-state index in [2.05, 4.69) is 23.8 Å². The molecule has 8 nitrogen and oxygen atoms in total. The first kappa shape index (κ1) is 24.3. The van der Waals surface area contributed by atoms with Crippen LogP contribution < -0.4 is 11.5 Å². The minimum atomic E-state index is -1.26. The number of nitrogens with zero attached hydrogens (tertiary/aromatic N) is 2. The second kappa shape index (κ2) is 14.5. The SMILES string of the molecule is CC1CCCSC(N)=N1.CC1CCCSC(N)=N1.O=C(O)C=CC(=O)O. The van der Waals surface area contributed by atoms with Gasteiger partial charge in [-0.05, 0) is 39.5 Å². The summed E-state index contributed by atoms with van der Waals surface area (Å²) in [6.07, 6.45) is 5.98. The van der Waals surface area contributed by atoms with Crippen LogP contribution in [-0.2, 0) is 9.59 Å². The molecule has 26 heavy (non-hydrogen) atoms. The van der Waals surface area contributed by atoms with Crippen LogP contribution in [0.1, 0.15) is 39.5 Å². The van der Waals surface area contributed by atoms with Crippen molar-refractivity contribution in [2.24, 2.45) is 21.5 Å². The van der Waals surface area contributed by atoms with E-state index < -0.39 is 11.9 Å². The van der Waals surface area contributed by atoms with Crippen LogP contribution in [0.15, 0.2) is 22.1 Å². The summed E-state index contributed by atoms with van der Waals surface area (Å²) in [7, 11) is 0. The van der Waals surface area contributed by atoms with Crippen LogP contribution in [-0.4, -0.2) is 56.1 Å². The van der Waals surface area contributed by atoms with E-state index in [-0.39, 0.29) is 0 Å². The van der Waals surface area contributed by atoms with E-state index in [1.165, 1.54) is 25.7 Å². The monoisotopic (exact) mass is 404 g/mol. The van der Waals surface area contributed by atoms with Gasteiger partial charge >= 0.3 is 11.9 Å². The molecule has 0 aliphatic carbocycles. The number of amidine groups is 2. The highest BCUT2D eigenvalue weighted by Gasteiger charge is 2.06. The number of nitrogens with two attached hydrogens (primary N) is 2. The molecule has 0 radical (unpaired) electrons. The minimum Gasteiger partial charge on any atom is -0.478 e. The van der Waals surface area contributed by atoms with Crippen LogP contribution in [0.2, 0.25) is 0 Å². The van der Waals surface area contributed by atoms with Gasteiger partial charge in [0.25, 0.3) is 0 Å². The van der Waals surface area contributed by atoms with Gasteiger partial charge in [-0.15, -0.1) is 0 Å². The van der Waals surface area contributed by atoms with E-state index in [0.717, 1.165) is 21.8 Å². The average Bonchev–Trinajstić information content (AvgIpc) is 2.85. The molecule has 0 aromatic rings. The van der Waals surface area contributed by atoms with E-state index in [1.807, 2.05) is 0 Å². The first-order valence-corrected chi connectivity index (χ1v) is 10.2. The highest BCUT2D eigenvalue weighted by molar-refractivity contribution is 8.14. The molecule has 2 atom stereocenters. The smallest absolute Gasteiger partial charge is 0.328 e. The van der Waals surface area contributed by atoms with E-state index in [1.54, 1.807) is 23.5 Å². The van der Waals surface area contributed by atoms with Crippen LogP contribution in [0, 0.1) is 0 Å². The molecule has 0 aromatic carbocycles. The number of hydrogen-bond acceptors (Lipinski definition) is 8. The Morgan fingerprint density at radius 1 is 0.923 bits per heavy atom. The number of aliphatic carboxylic acids is 2. The van der Waals surface area contributed by atoms with Gasteiger partial charge in [0.15, 0.2) is 10.3 Å². The molecule has 2 aliphatic heterocycles. The van der Waals surface area contributed by atoms with Crippen molar-refractivity contribution in [3.05, 3.63) is 12.2 Å². The normalized spacial score (nSPS) is 23.0. The highest BCUT2D eigenvalue weighted by Crippen LogP contribution is 2.14. The van der Waals surface area contributed by atoms with Gasteiger partial charge in [0.2, 0.25) is 0 Å². The molecule has 2 rings (SSSR count). The summed E-state index contributed by atoms with van der Waals surface area (Å²) >= 11 is 3.34. The zero-order valence-corrected chi connectivity index (χ0v) is 16.8. The fourth-order valence-corrected chi connectivity index (χ4v) is 3.44. The lowest BCUT2D eigenvalue weighted by atomic mass is 10.2. The predicted molar refractivity (Wildman–Crippen MR) is 110 cm³/mol. The molecule has 10 heteroatoms. The summed E-state index contributed by atoms with van der Waals surface area (Å²) in [5, 5.41) is 17.2. The first-order valence-electron chi connectivity index (χ1n) is 8.26. The second-order valence-corrected chi connectivity index (χ2v) is 7.85. The first-order chi connectivity index (χ1) is 12.2. The van der Waals surface area contributed by atoms with Gasteiger partial charge in [-0.25, -0.2) is 9.59 Å². The third-order valence-electron chi connectivity index (χ3n) is 3.10. The number of carbonyl (C=O) groups is 2. The molecule has 148 valence electrons. The topological polar surface area (TPSA) is 151 Å². The van der Waals surface area contributed by atoms with Crippen LogP contribution >= 0.6 is 23.5 Å². The standard InChI is InChI=1S/2C6H12N2S.C4H4O4/c2*1-5-3-2-4-9-6(7)8-5;5-3(6)1-2-4(7)8/h2*5H,2-4H2,1H3,(H2,7,8);1-2H,(H,5,6)(H,7,8). The van der Waals surface area contributed by atoms with Crippen LogP contribution in [0.3, 0.4) is 0 Å². The molecule has 0 bridgehead atoms. The summed E-state index contributed by atoms with van der Waals surface area (Å²) < 4.78 is 0. The fraction of sp³-hybridized carbons (Fsp3) is 0.625. The number of carboxylic acid groups (broad SMARTS) is 2. The van der Waals surface area contributed by atoms with E-state index in [0.29, 0.717) is 24.2 Å². The van der Waals surface area contributed by atoms with Gasteiger partial charge in [-0.1, -0.05) is 23.5 Å². The third-order valence-corrected chi connectivity index (χ3v) is 4.88. The quantitative estimate of drug-likeness (QED) is 0.511. The largest absolute Gasteiger partial charge is 0.478 e. The number of thioether (sulfide) groups is 2. The maximum atomic E-state index is 9.55. The Morgan fingerprint density at radius 2 is 1.27 bits per heavy atom. The lowest BCUT2D eigenvalue weighted by molar-refractivity contribution is -0.134. The Labute approximate surface area is 162 Å². The average molecular weight is 405 g/mol. The Balaban J connectivity index is 0.000000362.